The van der Waals surface area contributed by atoms with Crippen LogP contribution in [0.15, 0.2) is 5.16 Å². The molecule has 1 aliphatic carbocycles. The third kappa shape index (κ3) is 2.23. The molecule has 0 aromatic heterocycles. The smallest absolute Gasteiger partial charge is 0.106 e. The molecular weight excluding hydrogens is 150 g/mol. The zero-order valence-corrected chi connectivity index (χ0v) is 8.39. The van der Waals surface area contributed by atoms with Gasteiger partial charge in [0.1, 0.15) is 7.11 Å². The normalized spacial score (nSPS) is 30.1. The molecule has 1 saturated carbocycles. The summed E-state index contributed by atoms with van der Waals surface area (Å²) in [5.41, 5.74) is 1.80. The van der Waals surface area contributed by atoms with Crippen LogP contribution in [0.4, 0.5) is 0 Å². The third-order valence-electron chi connectivity index (χ3n) is 3.11. The molecule has 0 spiro atoms. The molecule has 0 amide bonds. The molecule has 0 aliphatic heterocycles. The van der Waals surface area contributed by atoms with Crippen molar-refractivity contribution >= 4 is 5.71 Å². The minimum absolute atomic E-state index is 0.562. The van der Waals surface area contributed by atoms with E-state index in [4.69, 9.17) is 4.84 Å². The third-order valence-corrected chi connectivity index (χ3v) is 3.11. The second kappa shape index (κ2) is 3.92. The van der Waals surface area contributed by atoms with Crippen LogP contribution in [-0.2, 0) is 4.84 Å². The summed E-state index contributed by atoms with van der Waals surface area (Å²) in [7, 11) is 1.63. The molecule has 0 aromatic carbocycles. The summed E-state index contributed by atoms with van der Waals surface area (Å²) in [5, 5.41) is 4.00. The molecule has 0 aromatic rings. The molecule has 2 nitrogen and oxygen atoms in total. The fraction of sp³-hybridized carbons (Fsp3) is 0.900. The van der Waals surface area contributed by atoms with Crippen molar-refractivity contribution in [1.29, 1.82) is 0 Å². The van der Waals surface area contributed by atoms with Gasteiger partial charge >= 0.3 is 0 Å². The van der Waals surface area contributed by atoms with Crippen LogP contribution < -0.4 is 0 Å². The fourth-order valence-corrected chi connectivity index (χ4v) is 1.72. The predicted molar refractivity (Wildman–Crippen MR) is 51.3 cm³/mol. The molecule has 0 heterocycles. The average molecular weight is 169 g/mol. The van der Waals surface area contributed by atoms with Gasteiger partial charge in [-0.1, -0.05) is 25.4 Å². The van der Waals surface area contributed by atoms with Crippen LogP contribution in [0.25, 0.3) is 0 Å². The minimum atomic E-state index is 0.562. The van der Waals surface area contributed by atoms with E-state index in [2.05, 4.69) is 19.0 Å². The van der Waals surface area contributed by atoms with Gasteiger partial charge in [-0.05, 0) is 31.1 Å². The summed E-state index contributed by atoms with van der Waals surface area (Å²) in [4.78, 5) is 4.77. The number of rotatable bonds is 2. The molecular formula is C10H19NO. The van der Waals surface area contributed by atoms with Crippen molar-refractivity contribution in [2.24, 2.45) is 10.6 Å². The second-order valence-corrected chi connectivity index (χ2v) is 4.00. The van der Waals surface area contributed by atoms with Gasteiger partial charge in [-0.15, -0.1) is 0 Å². The number of oxime groups is 1. The van der Waals surface area contributed by atoms with Crippen LogP contribution in [-0.4, -0.2) is 12.8 Å². The van der Waals surface area contributed by atoms with Gasteiger partial charge in [0.05, 0.1) is 5.71 Å². The van der Waals surface area contributed by atoms with Gasteiger partial charge in [-0.3, -0.25) is 0 Å². The lowest BCUT2D eigenvalue weighted by Crippen LogP contribution is -2.23. The summed E-state index contributed by atoms with van der Waals surface area (Å²) < 4.78 is 0. The van der Waals surface area contributed by atoms with E-state index in [1.807, 2.05) is 0 Å². The van der Waals surface area contributed by atoms with Crippen LogP contribution in [0.2, 0.25) is 0 Å². The molecule has 0 N–H and O–H groups in total. The Bertz CT molecular complexity index is 165. The van der Waals surface area contributed by atoms with Gasteiger partial charge in [-0.25, -0.2) is 0 Å². The van der Waals surface area contributed by atoms with Crippen molar-refractivity contribution in [3.8, 4) is 0 Å². The first kappa shape index (κ1) is 9.56. The molecule has 2 heteroatoms. The highest BCUT2D eigenvalue weighted by atomic mass is 16.6. The first-order valence-electron chi connectivity index (χ1n) is 4.79. The van der Waals surface area contributed by atoms with Crippen molar-refractivity contribution in [2.75, 3.05) is 7.11 Å². The summed E-state index contributed by atoms with van der Waals surface area (Å²) in [5.74, 6) is 0. The topological polar surface area (TPSA) is 21.6 Å². The van der Waals surface area contributed by atoms with Gasteiger partial charge in [0.25, 0.3) is 0 Å². The van der Waals surface area contributed by atoms with E-state index >= 15 is 0 Å². The maximum Gasteiger partial charge on any atom is 0.106 e. The molecule has 1 aliphatic rings. The van der Waals surface area contributed by atoms with Gasteiger partial charge in [-0.2, -0.15) is 0 Å². The predicted octanol–water partition coefficient (Wildman–Crippen LogP) is 2.98. The largest absolute Gasteiger partial charge is 0.399 e. The highest BCUT2D eigenvalue weighted by Crippen LogP contribution is 2.37. The number of hydrogen-bond donors (Lipinski definition) is 0. The van der Waals surface area contributed by atoms with Gasteiger partial charge in [0.2, 0.25) is 0 Å². The summed E-state index contributed by atoms with van der Waals surface area (Å²) in [6.07, 6.45) is 6.07. The number of hydrogen-bond acceptors (Lipinski definition) is 2. The molecule has 0 bridgehead atoms. The maximum absolute atomic E-state index is 4.77. The first-order valence-corrected chi connectivity index (χ1v) is 4.79. The first-order chi connectivity index (χ1) is 5.70. The van der Waals surface area contributed by atoms with Crippen molar-refractivity contribution in [3.05, 3.63) is 0 Å². The van der Waals surface area contributed by atoms with E-state index in [9.17, 15) is 0 Å². The van der Waals surface area contributed by atoms with E-state index < -0.39 is 0 Å². The highest BCUT2D eigenvalue weighted by Gasteiger charge is 2.27. The van der Waals surface area contributed by atoms with E-state index in [1.165, 1.54) is 25.0 Å². The molecule has 0 saturated heterocycles. The SMILES string of the molecule is CCC1(C)CCC(=NOC)CC1. The monoisotopic (exact) mass is 169 g/mol. The van der Waals surface area contributed by atoms with Gasteiger partial charge in [0, 0.05) is 0 Å². The van der Waals surface area contributed by atoms with Crippen LogP contribution in [0.3, 0.4) is 0 Å². The Balaban J connectivity index is 2.44. The van der Waals surface area contributed by atoms with Crippen LogP contribution in [0.1, 0.15) is 46.0 Å². The Morgan fingerprint density at radius 1 is 1.42 bits per heavy atom. The van der Waals surface area contributed by atoms with E-state index in [0.717, 1.165) is 12.8 Å². The zero-order valence-electron chi connectivity index (χ0n) is 8.39. The average Bonchev–Trinajstić information content (AvgIpc) is 2.10. The minimum Gasteiger partial charge on any atom is -0.399 e. The van der Waals surface area contributed by atoms with Gasteiger partial charge in [0.15, 0.2) is 0 Å². The lowest BCUT2D eigenvalue weighted by molar-refractivity contribution is 0.202. The molecule has 70 valence electrons. The van der Waals surface area contributed by atoms with Crippen molar-refractivity contribution < 1.29 is 4.84 Å². The van der Waals surface area contributed by atoms with Crippen LogP contribution >= 0.6 is 0 Å². The Morgan fingerprint density at radius 3 is 2.42 bits per heavy atom. The Labute approximate surface area is 75.0 Å². The van der Waals surface area contributed by atoms with Crippen molar-refractivity contribution in [1.82, 2.24) is 0 Å². The Hall–Kier alpha value is -0.530. The van der Waals surface area contributed by atoms with Gasteiger partial charge < -0.3 is 4.84 Å². The lowest BCUT2D eigenvalue weighted by atomic mass is 9.73. The molecule has 0 radical (unpaired) electrons. The van der Waals surface area contributed by atoms with E-state index in [1.54, 1.807) is 7.11 Å². The summed E-state index contributed by atoms with van der Waals surface area (Å²) >= 11 is 0. The van der Waals surface area contributed by atoms with Crippen molar-refractivity contribution in [2.45, 2.75) is 46.0 Å². The van der Waals surface area contributed by atoms with E-state index in [0.29, 0.717) is 5.41 Å². The Kier molecular flexibility index (Phi) is 3.12. The quantitative estimate of drug-likeness (QED) is 0.582. The molecule has 1 fully saturated rings. The summed E-state index contributed by atoms with van der Waals surface area (Å²) in [6, 6.07) is 0. The van der Waals surface area contributed by atoms with Crippen LogP contribution in [0, 0.1) is 5.41 Å². The van der Waals surface area contributed by atoms with Crippen molar-refractivity contribution in [3.63, 3.8) is 0 Å². The lowest BCUT2D eigenvalue weighted by Gasteiger charge is -2.32. The maximum atomic E-state index is 4.77. The van der Waals surface area contributed by atoms with E-state index in [-0.39, 0.29) is 0 Å². The molecule has 12 heavy (non-hydrogen) atoms. The molecule has 0 unspecified atom stereocenters. The summed E-state index contributed by atoms with van der Waals surface area (Å²) in [6.45, 7) is 4.65. The molecule has 0 atom stereocenters. The number of nitrogens with zero attached hydrogens (tertiary/aromatic N) is 1. The zero-order chi connectivity index (χ0) is 9.03. The fourth-order valence-electron chi connectivity index (χ4n) is 1.72. The Morgan fingerprint density at radius 2 is 2.00 bits per heavy atom. The second-order valence-electron chi connectivity index (χ2n) is 4.00. The standard InChI is InChI=1S/C10H19NO/c1-4-10(2)7-5-9(6-8-10)11-12-3/h4-8H2,1-3H3. The molecule has 1 rings (SSSR count). The van der Waals surface area contributed by atoms with Crippen LogP contribution in [0.5, 0.6) is 0 Å². The highest BCUT2D eigenvalue weighted by molar-refractivity contribution is 5.84.